The smallest absolute Gasteiger partial charge is 0.876 e. The topological polar surface area (TPSA) is 112 Å². The van der Waals surface area contributed by atoms with Gasteiger partial charge >= 0.3 is 37.7 Å². The number of carbonyl (C=O) groups excluding carboxylic acids is 2. The van der Waals surface area contributed by atoms with Crippen LogP contribution >= 0.6 is 0 Å². The molecular formula is C10H16CaO5. The van der Waals surface area contributed by atoms with E-state index >= 15 is 0 Å². The first-order chi connectivity index (χ1) is 6.25. The number of hydrogen-bond acceptors (Lipinski definition) is 4. The van der Waals surface area contributed by atoms with E-state index in [4.69, 9.17) is 0 Å². The van der Waals surface area contributed by atoms with Crippen LogP contribution in [-0.4, -0.2) is 54.8 Å². The number of allylic oxidation sites excluding steroid dienone is 4. The van der Waals surface area contributed by atoms with Crippen molar-refractivity contribution in [1.29, 1.82) is 0 Å². The van der Waals surface area contributed by atoms with E-state index in [1.165, 1.54) is 27.7 Å². The molecule has 0 atom stereocenters. The van der Waals surface area contributed by atoms with Crippen LogP contribution in [0.25, 0.3) is 0 Å². The van der Waals surface area contributed by atoms with Gasteiger partial charge in [0.25, 0.3) is 0 Å². The largest absolute Gasteiger partial charge is 2.00 e. The standard InChI is InChI=1S/2C5H8O2.Ca.H2O/c2*1-4(6)3-5(2)7;;/h2*3,6H,1-2H3;;1H2/q;;+2;/p-2/b2*4-3-;;. The summed E-state index contributed by atoms with van der Waals surface area (Å²) in [5.74, 6) is -0.750. The fraction of sp³-hybridized carbons (Fsp3) is 0.400. The molecule has 5 nitrogen and oxygen atoms in total. The molecule has 0 aromatic carbocycles. The molecule has 0 amide bonds. The van der Waals surface area contributed by atoms with Crippen molar-refractivity contribution in [3.63, 3.8) is 0 Å². The summed E-state index contributed by atoms with van der Waals surface area (Å²) in [6.07, 6.45) is 2.11. The van der Waals surface area contributed by atoms with E-state index in [-0.39, 0.29) is 66.3 Å². The van der Waals surface area contributed by atoms with Crippen molar-refractivity contribution in [3.8, 4) is 0 Å². The van der Waals surface area contributed by atoms with Crippen molar-refractivity contribution < 1.29 is 25.3 Å². The molecule has 0 aliphatic rings. The van der Waals surface area contributed by atoms with E-state index in [2.05, 4.69) is 0 Å². The molecule has 0 unspecified atom stereocenters. The van der Waals surface area contributed by atoms with Crippen LogP contribution in [0.2, 0.25) is 0 Å². The Balaban J connectivity index is -0.0000000800. The molecule has 0 saturated carbocycles. The second-order valence-corrected chi connectivity index (χ2v) is 2.73. The third kappa shape index (κ3) is 37.3. The van der Waals surface area contributed by atoms with E-state index in [1.807, 2.05) is 0 Å². The second kappa shape index (κ2) is 14.6. The Morgan fingerprint density at radius 1 is 0.812 bits per heavy atom. The van der Waals surface area contributed by atoms with Crippen molar-refractivity contribution >= 4 is 49.3 Å². The van der Waals surface area contributed by atoms with Crippen LogP contribution in [0.15, 0.2) is 23.7 Å². The normalized spacial score (nSPS) is 10.0. The summed E-state index contributed by atoms with van der Waals surface area (Å²) in [6.45, 7) is 5.39. The van der Waals surface area contributed by atoms with Crippen LogP contribution in [0.3, 0.4) is 0 Å². The molecular weight excluding hydrogens is 240 g/mol. The molecule has 0 radical (unpaired) electrons. The quantitative estimate of drug-likeness (QED) is 0.339. The molecule has 0 aliphatic heterocycles. The molecule has 0 saturated heterocycles. The van der Waals surface area contributed by atoms with Crippen LogP contribution in [0, 0.1) is 0 Å². The molecule has 0 bridgehead atoms. The van der Waals surface area contributed by atoms with Crippen LogP contribution in [0.5, 0.6) is 0 Å². The summed E-state index contributed by atoms with van der Waals surface area (Å²) >= 11 is 0. The molecule has 88 valence electrons. The first-order valence-electron chi connectivity index (χ1n) is 3.97. The van der Waals surface area contributed by atoms with Gasteiger partial charge in [0.15, 0.2) is 11.6 Å². The molecule has 0 heterocycles. The van der Waals surface area contributed by atoms with E-state index in [1.54, 1.807) is 0 Å². The van der Waals surface area contributed by atoms with Gasteiger partial charge in [-0.1, -0.05) is 13.8 Å². The molecule has 0 aromatic heterocycles. The van der Waals surface area contributed by atoms with Gasteiger partial charge in [0.2, 0.25) is 0 Å². The Morgan fingerprint density at radius 3 is 1.00 bits per heavy atom. The van der Waals surface area contributed by atoms with Gasteiger partial charge in [0.1, 0.15) is 0 Å². The van der Waals surface area contributed by atoms with Crippen LogP contribution in [-0.2, 0) is 9.59 Å². The minimum absolute atomic E-state index is 0. The minimum atomic E-state index is -0.187. The zero-order valence-corrected chi connectivity index (χ0v) is 12.2. The van der Waals surface area contributed by atoms with E-state index in [0.717, 1.165) is 12.2 Å². The second-order valence-electron chi connectivity index (χ2n) is 2.73. The molecule has 2 N–H and O–H groups in total. The van der Waals surface area contributed by atoms with Crippen molar-refractivity contribution in [3.05, 3.63) is 23.7 Å². The minimum Gasteiger partial charge on any atom is -0.876 e. The Labute approximate surface area is 125 Å². The third-order valence-electron chi connectivity index (χ3n) is 0.813. The van der Waals surface area contributed by atoms with Gasteiger partial charge in [-0.05, 0) is 26.0 Å². The van der Waals surface area contributed by atoms with Crippen molar-refractivity contribution in [1.82, 2.24) is 0 Å². The van der Waals surface area contributed by atoms with Gasteiger partial charge in [-0.2, -0.15) is 0 Å². The first kappa shape index (κ1) is 24.7. The van der Waals surface area contributed by atoms with Gasteiger partial charge < -0.3 is 15.7 Å². The van der Waals surface area contributed by atoms with Gasteiger partial charge in [-0.15, -0.1) is 11.5 Å². The average molecular weight is 256 g/mol. The zero-order valence-electron chi connectivity index (χ0n) is 9.99. The molecule has 0 rings (SSSR count). The third-order valence-corrected chi connectivity index (χ3v) is 0.813. The number of hydrogen-bond donors (Lipinski definition) is 0. The van der Waals surface area contributed by atoms with E-state index in [9.17, 15) is 19.8 Å². The predicted octanol–water partition coefficient (Wildman–Crippen LogP) is -1.53. The van der Waals surface area contributed by atoms with Gasteiger partial charge in [-0.3, -0.25) is 9.59 Å². The SMILES string of the molecule is CC(=O)/C=C(/C)[O-].CC(=O)/C=C(/C)[O-].O.[Ca+2]. The van der Waals surface area contributed by atoms with E-state index in [0.29, 0.717) is 0 Å². The molecule has 0 aliphatic carbocycles. The van der Waals surface area contributed by atoms with Crippen molar-refractivity contribution in [2.24, 2.45) is 0 Å². The van der Waals surface area contributed by atoms with Crippen LogP contribution in [0.4, 0.5) is 0 Å². The fourth-order valence-electron chi connectivity index (χ4n) is 0.572. The maximum atomic E-state index is 9.98. The van der Waals surface area contributed by atoms with Crippen molar-refractivity contribution in [2.75, 3.05) is 0 Å². The maximum absolute atomic E-state index is 9.98. The molecule has 6 heteroatoms. The summed E-state index contributed by atoms with van der Waals surface area (Å²) in [7, 11) is 0. The Bertz CT molecular complexity index is 232. The summed E-state index contributed by atoms with van der Waals surface area (Å²) in [5, 5.41) is 20.0. The molecule has 0 aromatic rings. The fourth-order valence-corrected chi connectivity index (χ4v) is 0.572. The Kier molecular flexibility index (Phi) is 22.6. The first-order valence-corrected chi connectivity index (χ1v) is 3.97. The number of rotatable bonds is 2. The van der Waals surface area contributed by atoms with E-state index < -0.39 is 0 Å². The van der Waals surface area contributed by atoms with Crippen LogP contribution < -0.4 is 10.2 Å². The van der Waals surface area contributed by atoms with Crippen molar-refractivity contribution in [2.45, 2.75) is 27.7 Å². The summed E-state index contributed by atoms with van der Waals surface area (Å²) in [6, 6.07) is 0. The summed E-state index contributed by atoms with van der Waals surface area (Å²) in [4.78, 5) is 20.0. The monoisotopic (exact) mass is 256 g/mol. The van der Waals surface area contributed by atoms with Gasteiger partial charge in [0, 0.05) is 0 Å². The number of ketones is 2. The summed E-state index contributed by atoms with van der Waals surface area (Å²) < 4.78 is 0. The summed E-state index contributed by atoms with van der Waals surface area (Å²) in [5.41, 5.74) is 0. The molecule has 0 spiro atoms. The maximum Gasteiger partial charge on any atom is 2.00 e. The zero-order chi connectivity index (χ0) is 11.7. The average Bonchev–Trinajstić information content (AvgIpc) is 1.79. The molecule has 16 heavy (non-hydrogen) atoms. The van der Waals surface area contributed by atoms with Gasteiger partial charge in [-0.25, -0.2) is 0 Å². The Morgan fingerprint density at radius 2 is 1.00 bits per heavy atom. The van der Waals surface area contributed by atoms with Crippen LogP contribution in [0.1, 0.15) is 27.7 Å². The number of carbonyl (C=O) groups is 2. The predicted molar refractivity (Wildman–Crippen MR) is 58.2 cm³/mol. The van der Waals surface area contributed by atoms with Gasteiger partial charge in [0.05, 0.1) is 0 Å². The molecule has 0 fully saturated rings. The Hall–Kier alpha value is -0.360.